The zero-order valence-corrected chi connectivity index (χ0v) is 21.5. The number of aromatic nitrogens is 1. The molecule has 0 radical (unpaired) electrons. The molecule has 0 saturated carbocycles. The Balaban J connectivity index is 1.59. The molecule has 1 amide bonds. The Kier molecular flexibility index (Phi) is 6.79. The number of Topliss-reactive ketones (excluding diaryl/α,β-unsaturated/α-hetero) is 1. The van der Waals surface area contributed by atoms with Crippen LogP contribution in [0.25, 0.3) is 0 Å². The zero-order chi connectivity index (χ0) is 25.2. The summed E-state index contributed by atoms with van der Waals surface area (Å²) in [6.45, 7) is 3.87. The number of anilines is 1. The first-order valence-electron chi connectivity index (χ1n) is 12.2. The first-order chi connectivity index (χ1) is 17.5. The maximum absolute atomic E-state index is 13.8. The molecule has 1 aliphatic heterocycles. The summed E-state index contributed by atoms with van der Waals surface area (Å²) in [5.41, 5.74) is 5.28. The normalized spacial score (nSPS) is 21.4. The SMILES string of the molecule is CSc1ccc(C2C(C(=O)Nc3[nH+]cccc3C)=C(C)NC3=CC(c4ccccc4)CC(=O)C32)cc1. The molecule has 3 atom stereocenters. The molecular weight excluding hydrogens is 466 g/mol. The molecule has 3 aromatic rings. The lowest BCUT2D eigenvalue weighted by atomic mass is 9.68. The van der Waals surface area contributed by atoms with Crippen LogP contribution >= 0.6 is 11.8 Å². The van der Waals surface area contributed by atoms with Gasteiger partial charge in [-0.1, -0.05) is 48.5 Å². The van der Waals surface area contributed by atoms with E-state index in [0.29, 0.717) is 17.8 Å². The molecule has 5 nitrogen and oxygen atoms in total. The topological polar surface area (TPSA) is 72.3 Å². The van der Waals surface area contributed by atoms with Gasteiger partial charge < -0.3 is 5.32 Å². The zero-order valence-electron chi connectivity index (χ0n) is 20.7. The van der Waals surface area contributed by atoms with Crippen molar-refractivity contribution < 1.29 is 14.6 Å². The van der Waals surface area contributed by atoms with Gasteiger partial charge in [0.15, 0.2) is 0 Å². The first kappa shape index (κ1) is 24.1. The second-order valence-corrected chi connectivity index (χ2v) is 10.3. The van der Waals surface area contributed by atoms with Crippen LogP contribution in [0.2, 0.25) is 0 Å². The van der Waals surface area contributed by atoms with Crippen molar-refractivity contribution in [2.24, 2.45) is 5.92 Å². The fourth-order valence-corrected chi connectivity index (χ4v) is 5.71. The number of H-pyrrole nitrogens is 1. The second kappa shape index (κ2) is 10.2. The highest BCUT2D eigenvalue weighted by Crippen LogP contribution is 2.46. The number of hydrogen-bond donors (Lipinski definition) is 2. The lowest BCUT2D eigenvalue weighted by molar-refractivity contribution is -0.361. The third-order valence-corrected chi connectivity index (χ3v) is 7.86. The monoisotopic (exact) mass is 496 g/mol. The number of nitrogens with one attached hydrogen (secondary N) is 3. The molecule has 0 fully saturated rings. The summed E-state index contributed by atoms with van der Waals surface area (Å²) in [4.78, 5) is 31.8. The smallest absolute Gasteiger partial charge is 0.337 e. The van der Waals surface area contributed by atoms with Gasteiger partial charge in [0.05, 0.1) is 17.7 Å². The predicted octanol–water partition coefficient (Wildman–Crippen LogP) is 5.39. The predicted molar refractivity (Wildman–Crippen MR) is 144 cm³/mol. The Morgan fingerprint density at radius 1 is 0.972 bits per heavy atom. The Hall–Kier alpha value is -3.64. The number of aryl methyl sites for hydroxylation is 1. The lowest BCUT2D eigenvalue weighted by Gasteiger charge is -2.39. The largest absolute Gasteiger partial charge is 0.362 e. The Morgan fingerprint density at radius 2 is 1.72 bits per heavy atom. The van der Waals surface area contributed by atoms with Gasteiger partial charge in [0.1, 0.15) is 5.78 Å². The van der Waals surface area contributed by atoms with Crippen molar-refractivity contribution in [3.05, 3.63) is 113 Å². The van der Waals surface area contributed by atoms with Crippen molar-refractivity contribution in [1.82, 2.24) is 5.32 Å². The number of benzene rings is 2. The average molecular weight is 497 g/mol. The van der Waals surface area contributed by atoms with Crippen LogP contribution in [0.15, 0.2) is 101 Å². The fraction of sp³-hybridized carbons (Fsp3) is 0.233. The van der Waals surface area contributed by atoms with E-state index in [2.05, 4.69) is 58.1 Å². The van der Waals surface area contributed by atoms with E-state index in [1.54, 1.807) is 18.0 Å². The number of pyridine rings is 1. The summed E-state index contributed by atoms with van der Waals surface area (Å²) in [6, 6.07) is 22.2. The standard InChI is InChI=1S/C30H29N3O2S/c1-18-8-7-15-31-29(18)33-30(35)26-19(2)32-24-16-22(20-9-5-4-6-10-20)17-25(34)28(24)27(26)21-11-13-23(36-3)14-12-21/h4-16,22,27-28,32H,17H2,1-3H3,(H,31,33,35)/p+1. The summed E-state index contributed by atoms with van der Waals surface area (Å²) in [7, 11) is 0. The number of carbonyl (C=O) groups excluding carboxylic acids is 2. The van der Waals surface area contributed by atoms with Gasteiger partial charge in [-0.05, 0) is 55.5 Å². The van der Waals surface area contributed by atoms with Gasteiger partial charge in [-0.3, -0.25) is 4.79 Å². The number of thioether (sulfide) groups is 1. The molecule has 0 saturated heterocycles. The van der Waals surface area contributed by atoms with Gasteiger partial charge in [-0.25, -0.2) is 15.1 Å². The van der Waals surface area contributed by atoms with Gasteiger partial charge in [-0.15, -0.1) is 11.8 Å². The second-order valence-electron chi connectivity index (χ2n) is 9.38. The summed E-state index contributed by atoms with van der Waals surface area (Å²) >= 11 is 1.67. The molecule has 3 unspecified atom stereocenters. The molecule has 182 valence electrons. The highest BCUT2D eigenvalue weighted by atomic mass is 32.2. The summed E-state index contributed by atoms with van der Waals surface area (Å²) in [6.07, 6.45) is 6.42. The van der Waals surface area contributed by atoms with Crippen LogP contribution < -0.4 is 15.6 Å². The summed E-state index contributed by atoms with van der Waals surface area (Å²) in [5, 5.41) is 6.50. The van der Waals surface area contributed by atoms with Crippen LogP contribution in [-0.2, 0) is 9.59 Å². The fourth-order valence-electron chi connectivity index (χ4n) is 5.30. The van der Waals surface area contributed by atoms with E-state index in [1.807, 2.05) is 50.4 Å². The number of carbonyl (C=O) groups is 2. The van der Waals surface area contributed by atoms with Gasteiger partial charge in [0.25, 0.3) is 5.82 Å². The van der Waals surface area contributed by atoms with Crippen LogP contribution in [0.5, 0.6) is 0 Å². The first-order valence-corrected chi connectivity index (χ1v) is 13.4. The Bertz CT molecular complexity index is 1360. The minimum Gasteiger partial charge on any atom is -0.362 e. The molecule has 6 heteroatoms. The number of allylic oxidation sites excluding steroid dienone is 3. The van der Waals surface area contributed by atoms with Crippen molar-refractivity contribution in [1.29, 1.82) is 0 Å². The molecule has 5 rings (SSSR count). The number of hydrogen-bond acceptors (Lipinski definition) is 4. The van der Waals surface area contributed by atoms with Crippen molar-refractivity contribution >= 4 is 29.3 Å². The molecule has 0 spiro atoms. The average Bonchev–Trinajstić information content (AvgIpc) is 2.89. The molecule has 3 N–H and O–H groups in total. The van der Waals surface area contributed by atoms with Crippen LogP contribution in [0.1, 0.15) is 41.9 Å². The van der Waals surface area contributed by atoms with E-state index >= 15 is 0 Å². The van der Waals surface area contributed by atoms with E-state index < -0.39 is 5.92 Å². The lowest BCUT2D eigenvalue weighted by Crippen LogP contribution is -2.42. The summed E-state index contributed by atoms with van der Waals surface area (Å²) < 4.78 is 0. The summed E-state index contributed by atoms with van der Waals surface area (Å²) in [5.74, 6) is -0.201. The van der Waals surface area contributed by atoms with E-state index in [1.165, 1.54) is 0 Å². The number of ketones is 1. The van der Waals surface area contributed by atoms with Crippen molar-refractivity contribution in [3.8, 4) is 0 Å². The molecule has 36 heavy (non-hydrogen) atoms. The number of rotatable bonds is 5. The van der Waals surface area contributed by atoms with Crippen LogP contribution in [0, 0.1) is 12.8 Å². The molecule has 2 aromatic carbocycles. The highest BCUT2D eigenvalue weighted by molar-refractivity contribution is 7.98. The number of fused-ring (bicyclic) bond motifs is 1. The molecular formula is C30H30N3O2S+. The van der Waals surface area contributed by atoms with Gasteiger partial charge in [-0.2, -0.15) is 0 Å². The van der Waals surface area contributed by atoms with Crippen molar-refractivity contribution in [2.45, 2.75) is 37.0 Å². The van der Waals surface area contributed by atoms with Crippen LogP contribution in [-0.4, -0.2) is 17.9 Å². The van der Waals surface area contributed by atoms with Crippen molar-refractivity contribution in [2.75, 3.05) is 11.6 Å². The molecule has 2 heterocycles. The quantitative estimate of drug-likeness (QED) is 0.465. The Morgan fingerprint density at radius 3 is 2.42 bits per heavy atom. The highest BCUT2D eigenvalue weighted by Gasteiger charge is 2.45. The van der Waals surface area contributed by atoms with E-state index in [4.69, 9.17) is 0 Å². The van der Waals surface area contributed by atoms with Gasteiger partial charge >= 0.3 is 5.91 Å². The van der Waals surface area contributed by atoms with E-state index in [0.717, 1.165) is 33.0 Å². The number of amides is 1. The molecule has 1 aliphatic carbocycles. The van der Waals surface area contributed by atoms with Gasteiger partial charge in [0, 0.05) is 40.1 Å². The van der Waals surface area contributed by atoms with E-state index in [-0.39, 0.29) is 23.5 Å². The van der Waals surface area contributed by atoms with Crippen molar-refractivity contribution in [3.63, 3.8) is 0 Å². The van der Waals surface area contributed by atoms with Crippen LogP contribution in [0.3, 0.4) is 0 Å². The molecule has 2 aliphatic rings. The van der Waals surface area contributed by atoms with E-state index in [9.17, 15) is 9.59 Å². The number of aromatic amines is 1. The minimum atomic E-state index is -0.435. The molecule has 0 bridgehead atoms. The maximum atomic E-state index is 13.8. The molecule has 1 aromatic heterocycles. The van der Waals surface area contributed by atoms with Gasteiger partial charge in [0.2, 0.25) is 0 Å². The third kappa shape index (κ3) is 4.61. The Labute approximate surface area is 216 Å². The van der Waals surface area contributed by atoms with Crippen LogP contribution in [0.4, 0.5) is 5.82 Å². The maximum Gasteiger partial charge on any atom is 0.337 e. The minimum absolute atomic E-state index is 0.0155. The third-order valence-electron chi connectivity index (χ3n) is 7.11.